The number of aliphatic hydroxyl groups excluding tert-OH is 1. The summed E-state index contributed by atoms with van der Waals surface area (Å²) in [6.07, 6.45) is -1.87. The van der Waals surface area contributed by atoms with Crippen LogP contribution in [0.3, 0.4) is 0 Å². The zero-order valence-corrected chi connectivity index (χ0v) is 3.90. The van der Waals surface area contributed by atoms with Crippen molar-refractivity contribution < 1.29 is 19.5 Å². The predicted molar refractivity (Wildman–Crippen MR) is 23.1 cm³/mol. The highest BCUT2D eigenvalue weighted by Crippen LogP contribution is 1.73. The van der Waals surface area contributed by atoms with Gasteiger partial charge in [0.1, 0.15) is 0 Å². The number of carbonyl (C=O) groups excluding carboxylic acids is 3. The lowest BCUT2D eigenvalue weighted by atomic mass is 10.3. The maximum atomic E-state index is 9.89. The van der Waals surface area contributed by atoms with E-state index >= 15 is 0 Å². The summed E-state index contributed by atoms with van der Waals surface area (Å²) in [7, 11) is 0. The van der Waals surface area contributed by atoms with Crippen LogP contribution in [0.5, 0.6) is 0 Å². The van der Waals surface area contributed by atoms with Crippen molar-refractivity contribution >= 4 is 18.4 Å². The van der Waals surface area contributed by atoms with Crippen molar-refractivity contribution in [3.63, 3.8) is 0 Å². The van der Waals surface area contributed by atoms with Crippen LogP contribution in [0.4, 0.5) is 0 Å². The molecule has 0 aliphatic heterocycles. The first kappa shape index (κ1) is 6.97. The minimum atomic E-state index is -1.77. The minimum Gasteiger partial charge on any atom is -0.377 e. The van der Waals surface area contributed by atoms with Gasteiger partial charge in [-0.1, -0.05) is 0 Å². The van der Waals surface area contributed by atoms with Crippen LogP contribution in [0.15, 0.2) is 0 Å². The Balaban J connectivity index is 3.80. The van der Waals surface area contributed by atoms with Gasteiger partial charge >= 0.3 is 0 Å². The molecule has 0 spiro atoms. The lowest BCUT2D eigenvalue weighted by Crippen LogP contribution is -2.22. The fourth-order valence-corrected chi connectivity index (χ4v) is 0.137. The van der Waals surface area contributed by atoms with E-state index in [1.54, 1.807) is 0 Å². The molecule has 8 heavy (non-hydrogen) atoms. The van der Waals surface area contributed by atoms with E-state index in [2.05, 4.69) is 0 Å². The van der Waals surface area contributed by atoms with Gasteiger partial charge in [-0.05, 0) is 0 Å². The molecule has 0 saturated heterocycles. The molecule has 0 saturated carbocycles. The van der Waals surface area contributed by atoms with Gasteiger partial charge < -0.3 is 5.11 Å². The highest BCUT2D eigenvalue weighted by atomic mass is 16.3. The summed E-state index contributed by atoms with van der Waals surface area (Å²) in [5.74, 6) is -1.11. The highest BCUT2D eigenvalue weighted by molar-refractivity contribution is 6.30. The number of aldehydes is 2. The summed E-state index contributed by atoms with van der Waals surface area (Å²) in [6.45, 7) is 0. The van der Waals surface area contributed by atoms with E-state index in [-0.39, 0.29) is 12.6 Å². The topological polar surface area (TPSA) is 71.4 Å². The Morgan fingerprint density at radius 2 is 2.00 bits per heavy atom. The summed E-state index contributed by atoms with van der Waals surface area (Å²) in [4.78, 5) is 28.8. The SMILES string of the molecule is O=CC(=O)[C@H](O)C=O. The molecule has 0 fully saturated rings. The van der Waals surface area contributed by atoms with Gasteiger partial charge in [-0.25, -0.2) is 0 Å². The Morgan fingerprint density at radius 1 is 1.50 bits per heavy atom. The Labute approximate surface area is 45.1 Å². The van der Waals surface area contributed by atoms with Gasteiger partial charge in [-0.3, -0.25) is 14.4 Å². The number of hydrogen-bond donors (Lipinski definition) is 1. The van der Waals surface area contributed by atoms with E-state index in [1.807, 2.05) is 0 Å². The number of hydrogen-bond acceptors (Lipinski definition) is 4. The van der Waals surface area contributed by atoms with Crippen molar-refractivity contribution in [1.82, 2.24) is 0 Å². The summed E-state index contributed by atoms with van der Waals surface area (Å²) < 4.78 is 0. The van der Waals surface area contributed by atoms with E-state index in [9.17, 15) is 14.4 Å². The maximum absolute atomic E-state index is 9.89. The Hall–Kier alpha value is -1.03. The molecule has 0 heterocycles. The van der Waals surface area contributed by atoms with E-state index < -0.39 is 11.9 Å². The predicted octanol–water partition coefficient (Wildman–Crippen LogP) is -1.69. The van der Waals surface area contributed by atoms with Crippen molar-refractivity contribution in [1.29, 1.82) is 0 Å². The Kier molecular flexibility index (Phi) is 2.64. The third kappa shape index (κ3) is 1.61. The van der Waals surface area contributed by atoms with Crippen molar-refractivity contribution in [3.05, 3.63) is 0 Å². The van der Waals surface area contributed by atoms with Crippen molar-refractivity contribution in [2.45, 2.75) is 6.10 Å². The molecular weight excluding hydrogens is 112 g/mol. The summed E-state index contributed by atoms with van der Waals surface area (Å²) >= 11 is 0. The molecule has 0 aliphatic rings. The van der Waals surface area contributed by atoms with Crippen LogP contribution in [0.1, 0.15) is 0 Å². The van der Waals surface area contributed by atoms with Gasteiger partial charge in [0.25, 0.3) is 0 Å². The zero-order valence-electron chi connectivity index (χ0n) is 3.90. The Morgan fingerprint density at radius 3 is 2.12 bits per heavy atom. The van der Waals surface area contributed by atoms with Crippen molar-refractivity contribution in [3.8, 4) is 0 Å². The molecule has 0 amide bonds. The number of ketones is 1. The quantitative estimate of drug-likeness (QED) is 0.271. The molecule has 1 N–H and O–H groups in total. The number of rotatable bonds is 3. The molecule has 0 aliphatic carbocycles. The molecule has 4 heteroatoms. The monoisotopic (exact) mass is 116 g/mol. The van der Waals surface area contributed by atoms with Crippen LogP contribution in [-0.4, -0.2) is 29.6 Å². The lowest BCUT2D eigenvalue weighted by Gasteiger charge is -1.88. The fraction of sp³-hybridized carbons (Fsp3) is 0.250. The molecule has 0 aromatic carbocycles. The average molecular weight is 116 g/mol. The number of Topliss-reactive ketones (excluding diaryl/α,β-unsaturated/α-hetero) is 1. The normalized spacial score (nSPS) is 12.1. The third-order valence-electron chi connectivity index (χ3n) is 0.537. The molecular formula is C4H4O4. The van der Waals surface area contributed by atoms with Crippen LogP contribution >= 0.6 is 0 Å². The van der Waals surface area contributed by atoms with Gasteiger partial charge in [0.15, 0.2) is 18.7 Å². The molecule has 0 aromatic heterocycles. The second-order valence-electron chi connectivity index (χ2n) is 1.10. The van der Waals surface area contributed by atoms with Gasteiger partial charge in [-0.2, -0.15) is 0 Å². The molecule has 4 nitrogen and oxygen atoms in total. The first-order chi connectivity index (χ1) is 3.72. The second kappa shape index (κ2) is 3.04. The van der Waals surface area contributed by atoms with Crippen LogP contribution in [0.25, 0.3) is 0 Å². The van der Waals surface area contributed by atoms with Gasteiger partial charge in [0, 0.05) is 0 Å². The second-order valence-corrected chi connectivity index (χ2v) is 1.10. The number of aliphatic hydroxyl groups is 1. The summed E-state index contributed by atoms with van der Waals surface area (Å²) in [5, 5.41) is 8.18. The average Bonchev–Trinajstić information content (AvgIpc) is 1.84. The zero-order chi connectivity index (χ0) is 6.57. The van der Waals surface area contributed by atoms with Crippen LogP contribution < -0.4 is 0 Å². The third-order valence-corrected chi connectivity index (χ3v) is 0.537. The molecule has 44 valence electrons. The van der Waals surface area contributed by atoms with E-state index in [0.29, 0.717) is 0 Å². The largest absolute Gasteiger partial charge is 0.377 e. The van der Waals surface area contributed by atoms with Gasteiger partial charge in [0.2, 0.25) is 5.78 Å². The number of carbonyl (C=O) groups is 3. The first-order valence-corrected chi connectivity index (χ1v) is 1.84. The molecule has 0 rings (SSSR count). The molecule has 0 aromatic rings. The molecule has 0 radical (unpaired) electrons. The van der Waals surface area contributed by atoms with Crippen LogP contribution in [0, 0.1) is 0 Å². The summed E-state index contributed by atoms with van der Waals surface area (Å²) in [6, 6.07) is 0. The minimum absolute atomic E-state index is 0.00324. The lowest BCUT2D eigenvalue weighted by molar-refractivity contribution is -0.138. The van der Waals surface area contributed by atoms with E-state index in [4.69, 9.17) is 5.11 Å². The first-order valence-electron chi connectivity index (χ1n) is 1.84. The maximum Gasteiger partial charge on any atom is 0.230 e. The van der Waals surface area contributed by atoms with Gasteiger partial charge in [-0.15, -0.1) is 0 Å². The standard InChI is InChI=1S/C4H4O4/c5-1-3(7)4(8)2-6/h1-3,7H/t3-/m1/s1. The van der Waals surface area contributed by atoms with Crippen molar-refractivity contribution in [2.24, 2.45) is 0 Å². The van der Waals surface area contributed by atoms with E-state index in [0.717, 1.165) is 0 Å². The van der Waals surface area contributed by atoms with Crippen molar-refractivity contribution in [2.75, 3.05) is 0 Å². The molecule has 1 atom stereocenters. The summed E-state index contributed by atoms with van der Waals surface area (Å²) in [5.41, 5.74) is 0. The fourth-order valence-electron chi connectivity index (χ4n) is 0.137. The Bertz CT molecular complexity index is 117. The van der Waals surface area contributed by atoms with E-state index in [1.165, 1.54) is 0 Å². The van der Waals surface area contributed by atoms with Crippen LogP contribution in [0.2, 0.25) is 0 Å². The molecule has 0 unspecified atom stereocenters. The smallest absolute Gasteiger partial charge is 0.230 e. The van der Waals surface area contributed by atoms with Gasteiger partial charge in [0.05, 0.1) is 0 Å². The molecule has 0 bridgehead atoms. The highest BCUT2D eigenvalue weighted by Gasteiger charge is 2.10. The van der Waals surface area contributed by atoms with Crippen LogP contribution in [-0.2, 0) is 14.4 Å².